The molecule has 12 heteroatoms. The first-order valence-corrected chi connectivity index (χ1v) is 18.1. The Balaban J connectivity index is 1.11. The molecule has 4 aliphatic heterocycles. The van der Waals surface area contributed by atoms with Crippen LogP contribution in [0.5, 0.6) is 5.75 Å². The molecule has 7 aliphatic rings. The van der Waals surface area contributed by atoms with E-state index in [2.05, 4.69) is 31.1 Å². The molecule has 16 atom stereocenters. The van der Waals surface area contributed by atoms with E-state index in [9.17, 15) is 14.7 Å². The van der Waals surface area contributed by atoms with Gasteiger partial charge in [0.05, 0.1) is 43.7 Å². The van der Waals surface area contributed by atoms with Crippen LogP contribution in [0.1, 0.15) is 65.2 Å². The van der Waals surface area contributed by atoms with Gasteiger partial charge in [-0.2, -0.15) is 0 Å². The van der Waals surface area contributed by atoms with Gasteiger partial charge in [0.1, 0.15) is 30.3 Å². The zero-order chi connectivity index (χ0) is 35.2. The summed E-state index contributed by atoms with van der Waals surface area (Å²) < 4.78 is 52.2. The zero-order valence-electron chi connectivity index (χ0n) is 29.3. The summed E-state index contributed by atoms with van der Waals surface area (Å²) in [6.07, 6.45) is 1.81. The lowest BCUT2D eigenvalue weighted by Gasteiger charge is -2.65. The fourth-order valence-corrected chi connectivity index (χ4v) is 10.8. The molecule has 0 aromatic heterocycles. The van der Waals surface area contributed by atoms with Gasteiger partial charge in [-0.3, -0.25) is 15.1 Å². The number of carbonyl (C=O) groups is 2. The Morgan fingerprint density at radius 2 is 1.92 bits per heavy atom. The molecule has 8 rings (SSSR count). The number of ether oxygens (including phenoxy) is 6. The molecule has 0 radical (unpaired) electrons. The van der Waals surface area contributed by atoms with Crippen molar-refractivity contribution in [1.82, 2.24) is 5.32 Å². The number of aliphatic hydroxyl groups is 1. The van der Waals surface area contributed by atoms with E-state index >= 15 is 4.39 Å². The SMILES string of the molecule is COc1ccc(C2NC(C3N=CC=CC3F)C(C(=O)OC3CC4(O)CC5C6COC6CCC5(C)C5OC(C=O)OC5C(C3C)C4(C)C)O2)cc1. The standard InChI is InChI=1S/C38H49FN2O9/c1-19-26(47-35(43)32-30(29-24(39)7-6-14-40-29)41-34(50-32)20-8-10-21(45-5)11-9-20)16-38(44)15-23-22-18-46-25(22)12-13-37(23,4)33-31(28(19)36(38,2)3)48-27(17-42)49-33/h6-11,14,17,19,22-34,41,44H,12-13,15-16,18H2,1-5H3. The minimum atomic E-state index is -1.43. The molecule has 272 valence electrons. The Hall–Kier alpha value is -2.74. The summed E-state index contributed by atoms with van der Waals surface area (Å²) in [5.74, 6) is -0.294. The number of rotatable bonds is 6. The molecule has 16 unspecified atom stereocenters. The van der Waals surface area contributed by atoms with Crippen LogP contribution in [0.3, 0.4) is 0 Å². The van der Waals surface area contributed by atoms with Crippen molar-refractivity contribution < 1.29 is 47.5 Å². The lowest BCUT2D eigenvalue weighted by Crippen LogP contribution is -2.70. The molecule has 0 spiro atoms. The summed E-state index contributed by atoms with van der Waals surface area (Å²) in [4.78, 5) is 30.9. The van der Waals surface area contributed by atoms with Gasteiger partial charge < -0.3 is 33.5 Å². The maximum Gasteiger partial charge on any atom is 0.337 e. The van der Waals surface area contributed by atoms with E-state index in [1.54, 1.807) is 25.3 Å². The van der Waals surface area contributed by atoms with Gasteiger partial charge in [0.15, 0.2) is 12.4 Å². The Labute approximate surface area is 292 Å². The summed E-state index contributed by atoms with van der Waals surface area (Å²) in [5, 5.41) is 16.2. The average molecular weight is 697 g/mol. The number of hydrogen-bond acceptors (Lipinski definition) is 11. The van der Waals surface area contributed by atoms with Crippen LogP contribution in [0, 0.1) is 34.5 Å². The minimum absolute atomic E-state index is 0.0437. The predicted octanol–water partition coefficient (Wildman–Crippen LogP) is 3.87. The van der Waals surface area contributed by atoms with Gasteiger partial charge in [0.25, 0.3) is 0 Å². The van der Waals surface area contributed by atoms with Crippen LogP contribution in [0.15, 0.2) is 41.4 Å². The van der Waals surface area contributed by atoms with Crippen LogP contribution in [-0.2, 0) is 33.3 Å². The number of dihydropyridines is 1. The van der Waals surface area contributed by atoms with Crippen molar-refractivity contribution in [3.63, 3.8) is 0 Å². The van der Waals surface area contributed by atoms with E-state index in [-0.39, 0.29) is 47.7 Å². The molecule has 50 heavy (non-hydrogen) atoms. The van der Waals surface area contributed by atoms with Crippen molar-refractivity contribution in [2.45, 2.75) is 120 Å². The van der Waals surface area contributed by atoms with Gasteiger partial charge in [-0.05, 0) is 71.8 Å². The van der Waals surface area contributed by atoms with Crippen molar-refractivity contribution in [3.8, 4) is 5.75 Å². The number of nitrogens with one attached hydrogen (secondary N) is 1. The molecule has 2 N–H and O–H groups in total. The number of esters is 1. The molecular weight excluding hydrogens is 647 g/mol. The highest BCUT2D eigenvalue weighted by Crippen LogP contribution is 2.65. The molecule has 11 nitrogen and oxygen atoms in total. The number of allylic oxidation sites excluding steroid dienone is 1. The number of methoxy groups -OCH3 is 1. The topological polar surface area (TPSA) is 134 Å². The van der Waals surface area contributed by atoms with Crippen LogP contribution in [0.4, 0.5) is 4.39 Å². The molecular formula is C38H49FN2O9. The quantitative estimate of drug-likeness (QED) is 0.334. The van der Waals surface area contributed by atoms with E-state index in [1.165, 1.54) is 12.3 Å². The summed E-state index contributed by atoms with van der Waals surface area (Å²) in [6, 6.07) is 5.52. The smallest absolute Gasteiger partial charge is 0.337 e. The highest BCUT2D eigenvalue weighted by molar-refractivity contribution is 5.77. The first-order chi connectivity index (χ1) is 23.9. The average Bonchev–Trinajstić information content (AvgIpc) is 3.72. The highest BCUT2D eigenvalue weighted by atomic mass is 19.1. The number of alkyl halides is 1. The molecule has 1 aromatic rings. The maximum atomic E-state index is 15.3. The van der Waals surface area contributed by atoms with Crippen LogP contribution in [0.2, 0.25) is 0 Å². The van der Waals surface area contributed by atoms with E-state index < -0.39 is 66.1 Å². The van der Waals surface area contributed by atoms with Crippen molar-refractivity contribution in [1.29, 1.82) is 0 Å². The number of aliphatic imine (C=N–C) groups is 1. The number of benzene rings is 1. The van der Waals surface area contributed by atoms with Crippen molar-refractivity contribution in [3.05, 3.63) is 42.0 Å². The number of carbonyl (C=O) groups excluding carboxylic acids is 2. The normalized spacial score (nSPS) is 48.6. The summed E-state index contributed by atoms with van der Waals surface area (Å²) in [6.45, 7) is 9.00. The Morgan fingerprint density at radius 1 is 1.14 bits per heavy atom. The third-order valence-corrected chi connectivity index (χ3v) is 13.8. The first-order valence-electron chi connectivity index (χ1n) is 18.1. The lowest BCUT2D eigenvalue weighted by molar-refractivity contribution is -0.273. The number of aldehydes is 1. The zero-order valence-corrected chi connectivity index (χ0v) is 29.3. The fraction of sp³-hybridized carbons (Fsp3) is 0.711. The summed E-state index contributed by atoms with van der Waals surface area (Å²) in [5.41, 5.74) is -1.53. The molecule has 1 aromatic carbocycles. The second kappa shape index (κ2) is 12.4. The number of halogens is 1. The second-order valence-electron chi connectivity index (χ2n) is 16.4. The van der Waals surface area contributed by atoms with Crippen molar-refractivity contribution >= 4 is 18.5 Å². The lowest BCUT2D eigenvalue weighted by atomic mass is 9.44. The molecule has 0 amide bonds. The van der Waals surface area contributed by atoms with Gasteiger partial charge in [0.2, 0.25) is 6.29 Å². The second-order valence-corrected chi connectivity index (χ2v) is 16.4. The molecule has 6 fully saturated rings. The van der Waals surface area contributed by atoms with Crippen LogP contribution >= 0.6 is 0 Å². The third-order valence-electron chi connectivity index (χ3n) is 13.8. The van der Waals surface area contributed by atoms with Gasteiger partial charge in [-0.1, -0.05) is 39.8 Å². The van der Waals surface area contributed by atoms with Crippen LogP contribution < -0.4 is 10.1 Å². The number of fused-ring (bicyclic) bond motifs is 8. The van der Waals surface area contributed by atoms with Gasteiger partial charge in [-0.25, -0.2) is 9.18 Å². The maximum absolute atomic E-state index is 15.3. The minimum Gasteiger partial charge on any atom is -0.497 e. The molecule has 3 saturated heterocycles. The Bertz CT molecular complexity index is 1540. The summed E-state index contributed by atoms with van der Waals surface area (Å²) >= 11 is 0. The van der Waals surface area contributed by atoms with Crippen molar-refractivity contribution in [2.75, 3.05) is 13.7 Å². The van der Waals surface area contributed by atoms with E-state index in [0.29, 0.717) is 25.1 Å². The molecule has 3 saturated carbocycles. The van der Waals surface area contributed by atoms with Gasteiger partial charge in [-0.15, -0.1) is 0 Å². The summed E-state index contributed by atoms with van der Waals surface area (Å²) in [7, 11) is 1.58. The number of hydrogen-bond donors (Lipinski definition) is 2. The van der Waals surface area contributed by atoms with Crippen LogP contribution in [0.25, 0.3) is 0 Å². The van der Waals surface area contributed by atoms with Crippen molar-refractivity contribution in [2.24, 2.45) is 39.5 Å². The Kier molecular flexibility index (Phi) is 8.55. The van der Waals surface area contributed by atoms with Gasteiger partial charge in [0, 0.05) is 24.5 Å². The van der Waals surface area contributed by atoms with E-state index in [4.69, 9.17) is 28.4 Å². The monoisotopic (exact) mass is 696 g/mol. The highest BCUT2D eigenvalue weighted by Gasteiger charge is 2.70. The number of nitrogens with zero attached hydrogens (tertiary/aromatic N) is 1. The van der Waals surface area contributed by atoms with Crippen LogP contribution in [-0.4, -0.2) is 98.0 Å². The Morgan fingerprint density at radius 3 is 2.60 bits per heavy atom. The molecule has 4 heterocycles. The third kappa shape index (κ3) is 5.23. The first kappa shape index (κ1) is 34.4. The predicted molar refractivity (Wildman–Crippen MR) is 178 cm³/mol. The molecule has 3 aliphatic carbocycles. The van der Waals surface area contributed by atoms with E-state index in [1.807, 2.05) is 19.1 Å². The van der Waals surface area contributed by atoms with E-state index in [0.717, 1.165) is 18.4 Å². The fourth-order valence-electron chi connectivity index (χ4n) is 10.8. The van der Waals surface area contributed by atoms with Gasteiger partial charge >= 0.3 is 5.97 Å². The largest absolute Gasteiger partial charge is 0.497 e. The molecule has 2 bridgehead atoms.